The third-order valence-corrected chi connectivity index (χ3v) is 5.25. The fourth-order valence-corrected chi connectivity index (χ4v) is 3.87. The maximum Gasteiger partial charge on any atom is 0.252 e. The maximum atomic E-state index is 11.8. The second-order valence-corrected chi connectivity index (χ2v) is 6.80. The van der Waals surface area contributed by atoms with E-state index in [9.17, 15) is 13.5 Å². The van der Waals surface area contributed by atoms with E-state index in [0.29, 0.717) is 12.1 Å². The van der Waals surface area contributed by atoms with Crippen LogP contribution in [0.2, 0.25) is 4.47 Å². The molecular formula is C8H13ClN2O3S2. The van der Waals surface area contributed by atoms with Crippen LogP contribution < -0.4 is 4.72 Å². The highest BCUT2D eigenvalue weighted by molar-refractivity contribution is 7.91. The molecule has 1 heterocycles. The smallest absolute Gasteiger partial charge is 0.252 e. The minimum absolute atomic E-state index is 0.00616. The number of sulfonamides is 1. The molecule has 1 unspecified atom stereocenters. The Morgan fingerprint density at radius 1 is 1.62 bits per heavy atom. The molecule has 0 amide bonds. The van der Waals surface area contributed by atoms with Gasteiger partial charge in [-0.1, -0.05) is 29.9 Å². The Kier molecular flexibility index (Phi) is 4.69. The Hall–Kier alpha value is -0.210. The molecule has 0 spiro atoms. The van der Waals surface area contributed by atoms with E-state index in [0.717, 1.165) is 11.3 Å². The summed E-state index contributed by atoms with van der Waals surface area (Å²) in [5.41, 5.74) is 0.369. The van der Waals surface area contributed by atoms with Gasteiger partial charge in [-0.3, -0.25) is 0 Å². The number of nitrogens with zero attached hydrogens (tertiary/aromatic N) is 1. The van der Waals surface area contributed by atoms with Crippen molar-refractivity contribution in [1.82, 2.24) is 9.71 Å². The van der Waals surface area contributed by atoms with Crippen LogP contribution in [0.15, 0.2) is 4.21 Å². The zero-order chi connectivity index (χ0) is 12.3. The van der Waals surface area contributed by atoms with Gasteiger partial charge in [-0.2, -0.15) is 0 Å². The molecule has 1 atom stereocenters. The Morgan fingerprint density at radius 2 is 2.25 bits per heavy atom. The molecule has 1 aromatic heterocycles. The van der Waals surface area contributed by atoms with E-state index in [2.05, 4.69) is 9.71 Å². The number of nitrogens with one attached hydrogen (secondary N) is 1. The summed E-state index contributed by atoms with van der Waals surface area (Å²) < 4.78 is 26.2. The molecule has 5 nitrogen and oxygen atoms in total. The molecule has 0 aromatic carbocycles. The summed E-state index contributed by atoms with van der Waals surface area (Å²) >= 11 is 6.53. The first kappa shape index (κ1) is 13.9. The summed E-state index contributed by atoms with van der Waals surface area (Å²) in [6, 6.07) is 0. The van der Waals surface area contributed by atoms with Gasteiger partial charge in [0, 0.05) is 6.54 Å². The molecule has 1 aromatic rings. The monoisotopic (exact) mass is 284 g/mol. The standard InChI is InChI=1S/C8H13ClN2O3S2/c1-3-6(12)4-10-16(13,14)7-5(2)11-8(9)15-7/h6,10,12H,3-4H2,1-2H3. The van der Waals surface area contributed by atoms with E-state index >= 15 is 0 Å². The first-order chi connectivity index (χ1) is 7.36. The molecule has 0 aliphatic rings. The van der Waals surface area contributed by atoms with Crippen molar-refractivity contribution in [3.8, 4) is 0 Å². The third kappa shape index (κ3) is 3.39. The molecule has 0 saturated carbocycles. The number of aliphatic hydroxyl groups excluding tert-OH is 1. The number of hydrogen-bond acceptors (Lipinski definition) is 5. The second kappa shape index (κ2) is 5.42. The van der Waals surface area contributed by atoms with Crippen LogP contribution in [0, 0.1) is 6.92 Å². The minimum Gasteiger partial charge on any atom is -0.392 e. The summed E-state index contributed by atoms with van der Waals surface area (Å²) in [4.78, 5) is 3.83. The van der Waals surface area contributed by atoms with Gasteiger partial charge in [-0.05, 0) is 13.3 Å². The fourth-order valence-electron chi connectivity index (χ4n) is 1.02. The van der Waals surface area contributed by atoms with Gasteiger partial charge in [0.25, 0.3) is 10.0 Å². The van der Waals surface area contributed by atoms with E-state index in [1.165, 1.54) is 0 Å². The molecule has 2 N–H and O–H groups in total. The van der Waals surface area contributed by atoms with E-state index in [-0.39, 0.29) is 15.2 Å². The van der Waals surface area contributed by atoms with Crippen LogP contribution in [0.3, 0.4) is 0 Å². The molecule has 0 bridgehead atoms. The number of thiazole rings is 1. The summed E-state index contributed by atoms with van der Waals surface area (Å²) in [7, 11) is -3.61. The molecule has 92 valence electrons. The largest absolute Gasteiger partial charge is 0.392 e. The molecule has 0 aliphatic heterocycles. The van der Waals surface area contributed by atoms with Gasteiger partial charge >= 0.3 is 0 Å². The topological polar surface area (TPSA) is 79.3 Å². The van der Waals surface area contributed by atoms with Gasteiger partial charge in [-0.25, -0.2) is 18.1 Å². The fraction of sp³-hybridized carbons (Fsp3) is 0.625. The van der Waals surface area contributed by atoms with Crippen molar-refractivity contribution in [2.24, 2.45) is 0 Å². The summed E-state index contributed by atoms with van der Waals surface area (Å²) in [5.74, 6) is 0. The van der Waals surface area contributed by atoms with Gasteiger partial charge < -0.3 is 5.11 Å². The molecule has 0 saturated heterocycles. The number of aliphatic hydroxyl groups is 1. The molecule has 8 heteroatoms. The highest BCUT2D eigenvalue weighted by Gasteiger charge is 2.21. The van der Waals surface area contributed by atoms with Crippen molar-refractivity contribution in [1.29, 1.82) is 0 Å². The van der Waals surface area contributed by atoms with Crippen LogP contribution in [0.5, 0.6) is 0 Å². The maximum absolute atomic E-state index is 11.8. The van der Waals surface area contributed by atoms with E-state index in [4.69, 9.17) is 11.6 Å². The van der Waals surface area contributed by atoms with Gasteiger partial charge in [0.1, 0.15) is 0 Å². The van der Waals surface area contributed by atoms with E-state index < -0.39 is 16.1 Å². The van der Waals surface area contributed by atoms with Crippen molar-refractivity contribution in [2.45, 2.75) is 30.6 Å². The zero-order valence-electron chi connectivity index (χ0n) is 8.90. The van der Waals surface area contributed by atoms with Crippen LogP contribution >= 0.6 is 22.9 Å². The highest BCUT2D eigenvalue weighted by atomic mass is 35.5. The number of aromatic nitrogens is 1. The molecule has 16 heavy (non-hydrogen) atoms. The van der Waals surface area contributed by atoms with Crippen molar-refractivity contribution in [3.05, 3.63) is 10.2 Å². The SMILES string of the molecule is CCC(O)CNS(=O)(=O)c1sc(Cl)nc1C. The lowest BCUT2D eigenvalue weighted by molar-refractivity contribution is 0.174. The highest BCUT2D eigenvalue weighted by Crippen LogP contribution is 2.26. The van der Waals surface area contributed by atoms with Crippen LogP contribution in [-0.2, 0) is 10.0 Å². The van der Waals surface area contributed by atoms with Gasteiger partial charge in [0.05, 0.1) is 11.8 Å². The van der Waals surface area contributed by atoms with E-state index in [1.807, 2.05) is 0 Å². The van der Waals surface area contributed by atoms with Crippen LogP contribution in [0.1, 0.15) is 19.0 Å². The molecule has 0 aliphatic carbocycles. The number of rotatable bonds is 5. The summed E-state index contributed by atoms with van der Waals surface area (Å²) in [5, 5.41) is 9.28. The summed E-state index contributed by atoms with van der Waals surface area (Å²) in [6.07, 6.45) is -0.191. The Morgan fingerprint density at radius 3 is 2.69 bits per heavy atom. The first-order valence-electron chi connectivity index (χ1n) is 4.67. The molecule has 0 radical (unpaired) electrons. The number of aryl methyl sites for hydroxylation is 1. The predicted molar refractivity (Wildman–Crippen MR) is 63.3 cm³/mol. The predicted octanol–water partition coefficient (Wildman–Crippen LogP) is 1.15. The molecular weight excluding hydrogens is 272 g/mol. The van der Waals surface area contributed by atoms with Crippen molar-refractivity contribution < 1.29 is 13.5 Å². The minimum atomic E-state index is -3.61. The average molecular weight is 285 g/mol. The number of halogens is 1. The second-order valence-electron chi connectivity index (χ2n) is 3.25. The Bertz CT molecular complexity index is 458. The third-order valence-electron chi connectivity index (χ3n) is 1.95. The Labute approximate surface area is 104 Å². The van der Waals surface area contributed by atoms with Crippen LogP contribution in [0.4, 0.5) is 0 Å². The Balaban J connectivity index is 2.82. The van der Waals surface area contributed by atoms with Gasteiger partial charge in [0.2, 0.25) is 0 Å². The van der Waals surface area contributed by atoms with Gasteiger partial charge in [-0.15, -0.1) is 0 Å². The number of hydrogen-bond donors (Lipinski definition) is 2. The average Bonchev–Trinajstić information content (AvgIpc) is 2.55. The summed E-state index contributed by atoms with van der Waals surface area (Å²) in [6.45, 7) is 3.34. The van der Waals surface area contributed by atoms with Gasteiger partial charge in [0.15, 0.2) is 8.68 Å². The lowest BCUT2D eigenvalue weighted by Crippen LogP contribution is -2.31. The van der Waals surface area contributed by atoms with Crippen molar-refractivity contribution >= 4 is 33.0 Å². The lowest BCUT2D eigenvalue weighted by Gasteiger charge is -2.09. The van der Waals surface area contributed by atoms with Crippen molar-refractivity contribution in [2.75, 3.05) is 6.54 Å². The first-order valence-corrected chi connectivity index (χ1v) is 7.35. The zero-order valence-corrected chi connectivity index (χ0v) is 11.3. The van der Waals surface area contributed by atoms with Crippen LogP contribution in [0.25, 0.3) is 0 Å². The normalized spacial score (nSPS) is 14.0. The quantitative estimate of drug-likeness (QED) is 0.850. The van der Waals surface area contributed by atoms with Crippen LogP contribution in [-0.4, -0.2) is 31.2 Å². The van der Waals surface area contributed by atoms with Crippen molar-refractivity contribution in [3.63, 3.8) is 0 Å². The molecule has 1 rings (SSSR count). The lowest BCUT2D eigenvalue weighted by atomic mass is 10.3. The molecule has 0 fully saturated rings. The van der Waals surface area contributed by atoms with E-state index in [1.54, 1.807) is 13.8 Å².